The normalized spacial score (nSPS) is 13.4. The molecule has 0 aliphatic carbocycles. The van der Waals surface area contributed by atoms with Gasteiger partial charge in [-0.25, -0.2) is 4.68 Å². The smallest absolute Gasteiger partial charge is 0.387 e. The molecule has 0 fully saturated rings. The number of carbonyl (C=O) groups excluding carboxylic acids is 1. The van der Waals surface area contributed by atoms with Crippen LogP contribution in [-0.4, -0.2) is 34.1 Å². The molecule has 1 amide bonds. The molecule has 7 nitrogen and oxygen atoms in total. The Morgan fingerprint density at radius 2 is 1.97 bits per heavy atom. The molecule has 0 saturated carbocycles. The van der Waals surface area contributed by atoms with Crippen LogP contribution < -0.4 is 15.4 Å². The molecular weight excluding hydrogens is 380 g/mol. The molecule has 0 bridgehead atoms. The number of fused-ring (bicyclic) bond motifs is 1. The van der Waals surface area contributed by atoms with Gasteiger partial charge in [-0.3, -0.25) is 4.79 Å². The second-order valence-corrected chi connectivity index (χ2v) is 6.71. The summed E-state index contributed by atoms with van der Waals surface area (Å²) in [5.74, 6) is -0.210. The summed E-state index contributed by atoms with van der Waals surface area (Å²) < 4.78 is 30.5. The Morgan fingerprint density at radius 3 is 2.69 bits per heavy atom. The van der Waals surface area contributed by atoms with Gasteiger partial charge in [0.1, 0.15) is 5.75 Å². The molecule has 1 aromatic heterocycles. The van der Waals surface area contributed by atoms with Gasteiger partial charge in [0.25, 0.3) is 5.91 Å². The van der Waals surface area contributed by atoms with Gasteiger partial charge < -0.3 is 15.4 Å². The summed E-state index contributed by atoms with van der Waals surface area (Å²) in [6.45, 7) is -0.581. The Bertz CT molecular complexity index is 1050. The monoisotopic (exact) mass is 399 g/mol. The van der Waals surface area contributed by atoms with Crippen molar-refractivity contribution in [3.05, 3.63) is 59.4 Å². The van der Waals surface area contributed by atoms with Crippen molar-refractivity contribution >= 4 is 17.3 Å². The highest BCUT2D eigenvalue weighted by atomic mass is 19.3. The molecule has 0 atom stereocenters. The van der Waals surface area contributed by atoms with Gasteiger partial charge in [-0.1, -0.05) is 11.3 Å². The summed E-state index contributed by atoms with van der Waals surface area (Å²) in [5.41, 5.74) is 9.86. The molecule has 2 heterocycles. The SMILES string of the molecule is Cc1c(C(=O)N2CCCc3c(N)cccc32)nnn1-c1ccc(OC(F)F)cc1. The van der Waals surface area contributed by atoms with Crippen LogP contribution in [-0.2, 0) is 6.42 Å². The van der Waals surface area contributed by atoms with E-state index < -0.39 is 6.61 Å². The predicted octanol–water partition coefficient (Wildman–Crippen LogP) is 3.35. The van der Waals surface area contributed by atoms with Crippen LogP contribution in [0.2, 0.25) is 0 Å². The fourth-order valence-corrected chi connectivity index (χ4v) is 3.53. The van der Waals surface area contributed by atoms with Crippen molar-refractivity contribution in [2.75, 3.05) is 17.2 Å². The van der Waals surface area contributed by atoms with Crippen LogP contribution in [0, 0.1) is 6.92 Å². The number of carbonyl (C=O) groups is 1. The molecular formula is C20H19F2N5O2. The third-order valence-corrected chi connectivity index (χ3v) is 4.94. The fraction of sp³-hybridized carbons (Fsp3) is 0.250. The van der Waals surface area contributed by atoms with E-state index in [2.05, 4.69) is 15.0 Å². The minimum Gasteiger partial charge on any atom is -0.435 e. The van der Waals surface area contributed by atoms with E-state index in [1.807, 2.05) is 18.2 Å². The third-order valence-electron chi connectivity index (χ3n) is 4.94. The second kappa shape index (κ2) is 7.50. The molecule has 0 unspecified atom stereocenters. The topological polar surface area (TPSA) is 86.3 Å². The van der Waals surface area contributed by atoms with E-state index in [4.69, 9.17) is 5.73 Å². The summed E-state index contributed by atoms with van der Waals surface area (Å²) in [7, 11) is 0. The van der Waals surface area contributed by atoms with Crippen molar-refractivity contribution in [1.82, 2.24) is 15.0 Å². The first-order valence-corrected chi connectivity index (χ1v) is 9.12. The minimum absolute atomic E-state index is 0.0420. The average Bonchev–Trinajstić information content (AvgIpc) is 3.09. The van der Waals surface area contributed by atoms with Gasteiger partial charge in [0.2, 0.25) is 0 Å². The van der Waals surface area contributed by atoms with Crippen LogP contribution in [0.15, 0.2) is 42.5 Å². The van der Waals surface area contributed by atoms with Crippen molar-refractivity contribution < 1.29 is 18.3 Å². The average molecular weight is 399 g/mol. The van der Waals surface area contributed by atoms with E-state index in [0.29, 0.717) is 23.6 Å². The van der Waals surface area contributed by atoms with E-state index in [1.54, 1.807) is 24.0 Å². The number of hydrogen-bond acceptors (Lipinski definition) is 5. The van der Waals surface area contributed by atoms with E-state index in [9.17, 15) is 13.6 Å². The van der Waals surface area contributed by atoms with Gasteiger partial charge in [-0.15, -0.1) is 5.10 Å². The fourth-order valence-electron chi connectivity index (χ4n) is 3.53. The Hall–Kier alpha value is -3.49. The summed E-state index contributed by atoms with van der Waals surface area (Å²) >= 11 is 0. The van der Waals surface area contributed by atoms with Crippen LogP contribution >= 0.6 is 0 Å². The number of anilines is 2. The molecule has 1 aliphatic heterocycles. The number of hydrogen-bond donors (Lipinski definition) is 1. The van der Waals surface area contributed by atoms with Crippen molar-refractivity contribution in [2.45, 2.75) is 26.4 Å². The van der Waals surface area contributed by atoms with E-state index in [-0.39, 0.29) is 17.4 Å². The Morgan fingerprint density at radius 1 is 1.21 bits per heavy atom. The zero-order valence-electron chi connectivity index (χ0n) is 15.7. The van der Waals surface area contributed by atoms with Gasteiger partial charge >= 0.3 is 6.61 Å². The number of alkyl halides is 2. The van der Waals surface area contributed by atoms with Gasteiger partial charge in [-0.05, 0) is 61.7 Å². The lowest BCUT2D eigenvalue weighted by molar-refractivity contribution is -0.0498. The van der Waals surface area contributed by atoms with Crippen LogP contribution in [0.25, 0.3) is 5.69 Å². The molecule has 29 heavy (non-hydrogen) atoms. The van der Waals surface area contributed by atoms with Crippen molar-refractivity contribution in [1.29, 1.82) is 0 Å². The molecule has 1 aliphatic rings. The van der Waals surface area contributed by atoms with E-state index in [1.165, 1.54) is 16.8 Å². The zero-order valence-corrected chi connectivity index (χ0v) is 15.7. The number of benzene rings is 2. The standard InChI is InChI=1S/C20H19F2N5O2/c1-12-18(19(28)26-11-3-4-15-16(23)5-2-6-17(15)26)24-25-27(12)13-7-9-14(10-8-13)29-20(21)22/h2,5-10,20H,3-4,11,23H2,1H3. The Kier molecular flexibility index (Phi) is 4.87. The van der Waals surface area contributed by atoms with Crippen LogP contribution in [0.4, 0.5) is 20.2 Å². The minimum atomic E-state index is -2.89. The first-order chi connectivity index (χ1) is 14.0. The maximum Gasteiger partial charge on any atom is 0.387 e. The highest BCUT2D eigenvalue weighted by Crippen LogP contribution is 2.32. The second-order valence-electron chi connectivity index (χ2n) is 6.71. The first-order valence-electron chi connectivity index (χ1n) is 9.12. The van der Waals surface area contributed by atoms with E-state index >= 15 is 0 Å². The van der Waals surface area contributed by atoms with Crippen LogP contribution in [0.5, 0.6) is 5.75 Å². The van der Waals surface area contributed by atoms with Crippen molar-refractivity contribution in [3.8, 4) is 11.4 Å². The van der Waals surface area contributed by atoms with Gasteiger partial charge in [0.15, 0.2) is 5.69 Å². The number of nitrogen functional groups attached to an aromatic ring is 1. The number of nitrogens with zero attached hydrogens (tertiary/aromatic N) is 4. The van der Waals surface area contributed by atoms with Crippen molar-refractivity contribution in [2.24, 2.45) is 0 Å². The lowest BCUT2D eigenvalue weighted by Crippen LogP contribution is -2.36. The molecule has 9 heteroatoms. The zero-order chi connectivity index (χ0) is 20.5. The molecule has 0 radical (unpaired) electrons. The van der Waals surface area contributed by atoms with Gasteiger partial charge in [-0.2, -0.15) is 8.78 Å². The molecule has 0 spiro atoms. The number of halogens is 2. The molecule has 0 saturated heterocycles. The van der Waals surface area contributed by atoms with E-state index in [0.717, 1.165) is 24.1 Å². The maximum atomic E-state index is 13.2. The summed E-state index contributed by atoms with van der Waals surface area (Å²) in [6, 6.07) is 11.5. The summed E-state index contributed by atoms with van der Waals surface area (Å²) in [6.07, 6.45) is 1.64. The number of amides is 1. The summed E-state index contributed by atoms with van der Waals surface area (Å²) in [4.78, 5) is 14.9. The summed E-state index contributed by atoms with van der Waals surface area (Å²) in [5, 5.41) is 8.14. The molecule has 2 N–H and O–H groups in total. The number of ether oxygens (including phenoxy) is 1. The quantitative estimate of drug-likeness (QED) is 0.680. The lowest BCUT2D eigenvalue weighted by Gasteiger charge is -2.29. The largest absolute Gasteiger partial charge is 0.435 e. The highest BCUT2D eigenvalue weighted by molar-refractivity contribution is 6.06. The molecule has 150 valence electrons. The Labute approximate surface area is 165 Å². The molecule has 2 aromatic carbocycles. The van der Waals surface area contributed by atoms with Gasteiger partial charge in [0.05, 0.1) is 11.4 Å². The number of rotatable bonds is 4. The number of nitrogens with two attached hydrogens (primary N) is 1. The number of aromatic nitrogens is 3. The molecule has 3 aromatic rings. The Balaban J connectivity index is 1.63. The van der Waals surface area contributed by atoms with Gasteiger partial charge in [0, 0.05) is 17.9 Å². The van der Waals surface area contributed by atoms with Crippen molar-refractivity contribution in [3.63, 3.8) is 0 Å². The lowest BCUT2D eigenvalue weighted by atomic mass is 9.99. The first kappa shape index (κ1) is 18.9. The van der Waals surface area contributed by atoms with Crippen LogP contribution in [0.3, 0.4) is 0 Å². The maximum absolute atomic E-state index is 13.2. The highest BCUT2D eigenvalue weighted by Gasteiger charge is 2.28. The third kappa shape index (κ3) is 3.51. The molecule has 4 rings (SSSR count). The van der Waals surface area contributed by atoms with Crippen LogP contribution in [0.1, 0.15) is 28.2 Å². The predicted molar refractivity (Wildman–Crippen MR) is 104 cm³/mol.